The van der Waals surface area contributed by atoms with Gasteiger partial charge in [-0.25, -0.2) is 4.79 Å². The molecule has 1 atom stereocenters. The number of aromatic nitrogens is 2. The van der Waals surface area contributed by atoms with Gasteiger partial charge < -0.3 is 14.7 Å². The molecule has 2 aromatic rings. The molecule has 198 valence electrons. The predicted molar refractivity (Wildman–Crippen MR) is 130 cm³/mol. The molecule has 3 aliphatic heterocycles. The molecular formula is C27H32F3N5O2. The zero-order valence-corrected chi connectivity index (χ0v) is 20.8. The number of hydrogen-bond donors (Lipinski definition) is 0. The van der Waals surface area contributed by atoms with Crippen molar-refractivity contribution in [1.29, 1.82) is 0 Å². The van der Waals surface area contributed by atoms with Crippen molar-refractivity contribution in [3.63, 3.8) is 0 Å². The number of rotatable bonds is 4. The van der Waals surface area contributed by atoms with Crippen LogP contribution in [0.25, 0.3) is 0 Å². The Kier molecular flexibility index (Phi) is 6.15. The number of carbonyl (C=O) groups excluding carboxylic acids is 2. The zero-order valence-electron chi connectivity index (χ0n) is 20.8. The molecule has 4 heterocycles. The number of alkyl halides is 3. The third kappa shape index (κ3) is 4.48. The van der Waals surface area contributed by atoms with Crippen LogP contribution in [0.4, 0.5) is 18.0 Å². The Morgan fingerprint density at radius 1 is 0.865 bits per heavy atom. The minimum absolute atomic E-state index is 0.109. The summed E-state index contributed by atoms with van der Waals surface area (Å²) in [6.45, 7) is 3.42. The highest BCUT2D eigenvalue weighted by atomic mass is 19.4. The highest BCUT2D eigenvalue weighted by Crippen LogP contribution is 2.45. The zero-order chi connectivity index (χ0) is 25.7. The van der Waals surface area contributed by atoms with Gasteiger partial charge in [-0.1, -0.05) is 18.2 Å². The fourth-order valence-electron chi connectivity index (χ4n) is 6.13. The van der Waals surface area contributed by atoms with E-state index in [4.69, 9.17) is 0 Å². The maximum atomic E-state index is 13.8. The van der Waals surface area contributed by atoms with Gasteiger partial charge in [-0.05, 0) is 56.6 Å². The largest absolute Gasteiger partial charge is 0.416 e. The van der Waals surface area contributed by atoms with Crippen molar-refractivity contribution >= 4 is 11.9 Å². The van der Waals surface area contributed by atoms with Gasteiger partial charge in [-0.15, -0.1) is 0 Å². The molecule has 1 unspecified atom stereocenters. The second-order valence-corrected chi connectivity index (χ2v) is 10.7. The Morgan fingerprint density at radius 2 is 1.57 bits per heavy atom. The Labute approximate surface area is 214 Å². The van der Waals surface area contributed by atoms with Crippen LogP contribution in [0, 0.1) is 0 Å². The number of carbonyl (C=O) groups is 2. The fourth-order valence-corrected chi connectivity index (χ4v) is 6.13. The topological polar surface area (TPSA) is 61.7 Å². The van der Waals surface area contributed by atoms with Crippen LogP contribution in [0.3, 0.4) is 0 Å². The fraction of sp³-hybridized carbons (Fsp3) is 0.593. The Morgan fingerprint density at radius 3 is 2.22 bits per heavy atom. The smallest absolute Gasteiger partial charge is 0.331 e. The molecule has 1 aromatic carbocycles. The van der Waals surface area contributed by atoms with Crippen molar-refractivity contribution in [2.75, 3.05) is 32.7 Å². The number of piperidine rings is 1. The molecule has 3 saturated heterocycles. The molecule has 1 aliphatic carbocycles. The minimum Gasteiger partial charge on any atom is -0.331 e. The highest BCUT2D eigenvalue weighted by molar-refractivity contribution is 5.96. The van der Waals surface area contributed by atoms with Crippen LogP contribution in [-0.4, -0.2) is 69.1 Å². The number of benzene rings is 1. The maximum Gasteiger partial charge on any atom is 0.416 e. The maximum absolute atomic E-state index is 13.8. The van der Waals surface area contributed by atoms with E-state index in [9.17, 15) is 22.8 Å². The summed E-state index contributed by atoms with van der Waals surface area (Å²) in [5, 5.41) is 4.66. The molecule has 6 rings (SSSR count). The van der Waals surface area contributed by atoms with E-state index in [1.54, 1.807) is 17.2 Å². The number of hydrogen-bond acceptors (Lipinski definition) is 3. The first kappa shape index (κ1) is 24.3. The van der Waals surface area contributed by atoms with Crippen molar-refractivity contribution in [1.82, 2.24) is 24.5 Å². The molecule has 1 saturated carbocycles. The molecule has 4 aliphatic rings. The highest BCUT2D eigenvalue weighted by Gasteiger charge is 2.42. The van der Waals surface area contributed by atoms with E-state index in [0.717, 1.165) is 57.0 Å². The molecule has 0 bridgehead atoms. The summed E-state index contributed by atoms with van der Waals surface area (Å²) in [4.78, 5) is 31.8. The lowest BCUT2D eigenvalue weighted by Gasteiger charge is -2.39. The van der Waals surface area contributed by atoms with Crippen molar-refractivity contribution in [3.8, 4) is 0 Å². The summed E-state index contributed by atoms with van der Waals surface area (Å²) in [6, 6.07) is 5.23. The lowest BCUT2D eigenvalue weighted by Crippen LogP contribution is -2.51. The summed E-state index contributed by atoms with van der Waals surface area (Å²) in [5.41, 5.74) is 0.947. The van der Waals surface area contributed by atoms with Gasteiger partial charge in [0, 0.05) is 38.6 Å². The summed E-state index contributed by atoms with van der Waals surface area (Å²) >= 11 is 0. The van der Waals surface area contributed by atoms with E-state index in [1.165, 1.54) is 12.1 Å². The first-order valence-electron chi connectivity index (χ1n) is 13.4. The van der Waals surface area contributed by atoms with Crippen molar-refractivity contribution in [3.05, 3.63) is 52.8 Å². The summed E-state index contributed by atoms with van der Waals surface area (Å²) in [6.07, 6.45) is 2.92. The molecule has 4 fully saturated rings. The van der Waals surface area contributed by atoms with Gasteiger partial charge in [0.05, 0.1) is 35.1 Å². The lowest BCUT2D eigenvalue weighted by atomic mass is 9.97. The Balaban J connectivity index is 1.23. The molecule has 0 spiro atoms. The molecule has 0 N–H and O–H groups in total. The van der Waals surface area contributed by atoms with E-state index in [0.29, 0.717) is 38.0 Å². The standard InChI is InChI=1S/C27H32F3N5O2/c28-27(29,30)22-6-2-1-5-20(22)23-7-3-14-34(23)25(36)21-17-31-35(24(21)18-8-9-18)19-10-15-33(16-11-19)26(37)32-12-4-13-32/h1-2,5-6,17-19,23H,3-4,7-16H2. The van der Waals surface area contributed by atoms with E-state index in [2.05, 4.69) is 5.10 Å². The molecule has 0 radical (unpaired) electrons. The summed E-state index contributed by atoms with van der Waals surface area (Å²) in [5.74, 6) is 0.0312. The van der Waals surface area contributed by atoms with Gasteiger partial charge in [0.25, 0.3) is 5.91 Å². The molecule has 3 amide bonds. The normalized spacial score (nSPS) is 22.9. The van der Waals surface area contributed by atoms with Crippen LogP contribution in [0.1, 0.15) is 90.1 Å². The van der Waals surface area contributed by atoms with Crippen LogP contribution >= 0.6 is 0 Å². The van der Waals surface area contributed by atoms with E-state index < -0.39 is 17.8 Å². The van der Waals surface area contributed by atoms with Gasteiger partial charge in [0.15, 0.2) is 0 Å². The van der Waals surface area contributed by atoms with Gasteiger partial charge >= 0.3 is 12.2 Å². The predicted octanol–water partition coefficient (Wildman–Crippen LogP) is 5.22. The summed E-state index contributed by atoms with van der Waals surface area (Å²) in [7, 11) is 0. The van der Waals surface area contributed by atoms with Crippen molar-refractivity contribution in [2.24, 2.45) is 0 Å². The monoisotopic (exact) mass is 515 g/mol. The number of urea groups is 1. The van der Waals surface area contributed by atoms with Crippen LogP contribution in [-0.2, 0) is 6.18 Å². The van der Waals surface area contributed by atoms with Gasteiger partial charge in [0.1, 0.15) is 0 Å². The van der Waals surface area contributed by atoms with Crippen molar-refractivity contribution < 1.29 is 22.8 Å². The van der Waals surface area contributed by atoms with Crippen LogP contribution < -0.4 is 0 Å². The summed E-state index contributed by atoms with van der Waals surface area (Å²) < 4.78 is 43.2. The van der Waals surface area contributed by atoms with Gasteiger partial charge in [0.2, 0.25) is 0 Å². The third-order valence-corrected chi connectivity index (χ3v) is 8.37. The van der Waals surface area contributed by atoms with Crippen LogP contribution in [0.15, 0.2) is 30.5 Å². The van der Waals surface area contributed by atoms with Crippen molar-refractivity contribution in [2.45, 2.75) is 69.1 Å². The number of nitrogens with zero attached hydrogens (tertiary/aromatic N) is 5. The average Bonchev–Trinajstić information content (AvgIpc) is 3.40. The van der Waals surface area contributed by atoms with E-state index in [-0.39, 0.29) is 29.5 Å². The number of amides is 3. The molecule has 10 heteroatoms. The molecule has 1 aromatic heterocycles. The molecule has 7 nitrogen and oxygen atoms in total. The minimum atomic E-state index is -4.47. The molecular weight excluding hydrogens is 483 g/mol. The SMILES string of the molecule is O=C(N1CCC1)N1CCC(n2ncc(C(=O)N3CCCC3c3ccccc3C(F)(F)F)c2C2CC2)CC1. The van der Waals surface area contributed by atoms with Crippen LogP contribution in [0.5, 0.6) is 0 Å². The van der Waals surface area contributed by atoms with E-state index in [1.807, 2.05) is 14.5 Å². The Hall–Kier alpha value is -3.04. The first-order chi connectivity index (χ1) is 17.8. The van der Waals surface area contributed by atoms with E-state index >= 15 is 0 Å². The first-order valence-corrected chi connectivity index (χ1v) is 13.4. The molecule has 37 heavy (non-hydrogen) atoms. The Bertz CT molecular complexity index is 1180. The third-order valence-electron chi connectivity index (χ3n) is 8.37. The number of likely N-dealkylation sites (tertiary alicyclic amines) is 3. The van der Waals surface area contributed by atoms with Crippen LogP contribution in [0.2, 0.25) is 0 Å². The quantitative estimate of drug-likeness (QED) is 0.561. The number of halogens is 3. The lowest BCUT2D eigenvalue weighted by molar-refractivity contribution is -0.138. The van der Waals surface area contributed by atoms with Gasteiger partial charge in [-0.3, -0.25) is 9.48 Å². The second-order valence-electron chi connectivity index (χ2n) is 10.7. The average molecular weight is 516 g/mol. The second kappa shape index (κ2) is 9.36. The van der Waals surface area contributed by atoms with Gasteiger partial charge in [-0.2, -0.15) is 18.3 Å².